The van der Waals surface area contributed by atoms with Gasteiger partial charge >= 0.3 is 12.1 Å². The summed E-state index contributed by atoms with van der Waals surface area (Å²) in [4.78, 5) is 35.2. The van der Waals surface area contributed by atoms with Crippen molar-refractivity contribution in [2.75, 3.05) is 6.61 Å². The van der Waals surface area contributed by atoms with Crippen LogP contribution in [-0.4, -0.2) is 41.8 Å². The van der Waals surface area contributed by atoms with Crippen molar-refractivity contribution < 1.29 is 24.2 Å². The molecule has 4 rings (SSSR count). The van der Waals surface area contributed by atoms with Gasteiger partial charge in [0.2, 0.25) is 5.91 Å². The zero-order valence-electron chi connectivity index (χ0n) is 19.5. The molecule has 0 saturated heterocycles. The summed E-state index contributed by atoms with van der Waals surface area (Å²) in [5, 5.41) is 14.6. The lowest BCUT2D eigenvalue weighted by Crippen LogP contribution is -2.44. The van der Waals surface area contributed by atoms with Gasteiger partial charge < -0.3 is 20.5 Å². The van der Waals surface area contributed by atoms with Gasteiger partial charge in [0, 0.05) is 30.8 Å². The molecular weight excluding hydrogens is 432 g/mol. The van der Waals surface area contributed by atoms with E-state index < -0.39 is 12.1 Å². The Hall–Kier alpha value is -3.35. The molecule has 0 bridgehead atoms. The Kier molecular flexibility index (Phi) is 7.50. The van der Waals surface area contributed by atoms with E-state index in [1.54, 1.807) is 0 Å². The number of aliphatic carboxylic acids is 1. The molecule has 0 spiro atoms. The molecule has 2 aromatic carbocycles. The lowest BCUT2D eigenvalue weighted by atomic mass is 9.78. The van der Waals surface area contributed by atoms with Crippen molar-refractivity contribution in [3.63, 3.8) is 0 Å². The second-order valence-electron chi connectivity index (χ2n) is 9.46. The number of ether oxygens (including phenoxy) is 1. The van der Waals surface area contributed by atoms with Crippen molar-refractivity contribution in [1.82, 2.24) is 10.6 Å². The molecule has 0 aromatic heterocycles. The summed E-state index contributed by atoms with van der Waals surface area (Å²) in [6.07, 6.45) is 2.90. The van der Waals surface area contributed by atoms with E-state index in [-0.39, 0.29) is 42.9 Å². The molecule has 0 radical (unpaired) electrons. The summed E-state index contributed by atoms with van der Waals surface area (Å²) < 4.78 is 5.58. The molecule has 2 aliphatic carbocycles. The van der Waals surface area contributed by atoms with Crippen LogP contribution >= 0.6 is 0 Å². The van der Waals surface area contributed by atoms with Gasteiger partial charge in [-0.3, -0.25) is 9.59 Å². The molecule has 2 aliphatic rings. The molecule has 2 aromatic rings. The fourth-order valence-corrected chi connectivity index (χ4v) is 5.05. The number of fused-ring (bicyclic) bond motifs is 3. The van der Waals surface area contributed by atoms with Crippen molar-refractivity contribution >= 4 is 18.0 Å². The van der Waals surface area contributed by atoms with E-state index in [1.165, 1.54) is 22.3 Å². The summed E-state index contributed by atoms with van der Waals surface area (Å²) in [5.41, 5.74) is 4.74. The van der Waals surface area contributed by atoms with Crippen molar-refractivity contribution in [2.24, 2.45) is 5.92 Å². The van der Waals surface area contributed by atoms with Gasteiger partial charge in [-0.2, -0.15) is 0 Å². The number of carboxylic acid groups (broad SMARTS) is 1. The zero-order chi connectivity index (χ0) is 24.1. The lowest BCUT2D eigenvalue weighted by molar-refractivity contribution is -0.139. The van der Waals surface area contributed by atoms with Crippen molar-refractivity contribution in [3.05, 3.63) is 59.7 Å². The predicted molar refractivity (Wildman–Crippen MR) is 128 cm³/mol. The Morgan fingerprint density at radius 2 is 1.65 bits per heavy atom. The first-order valence-corrected chi connectivity index (χ1v) is 12.0. The highest BCUT2D eigenvalue weighted by Crippen LogP contribution is 2.44. The quantitative estimate of drug-likeness (QED) is 0.482. The third kappa shape index (κ3) is 5.76. The topological polar surface area (TPSA) is 105 Å². The largest absolute Gasteiger partial charge is 0.481 e. The molecule has 1 unspecified atom stereocenters. The molecule has 2 amide bonds. The van der Waals surface area contributed by atoms with Crippen LogP contribution < -0.4 is 10.6 Å². The maximum atomic E-state index is 12.4. The fraction of sp³-hybridized carbons (Fsp3) is 0.444. The lowest BCUT2D eigenvalue weighted by Gasteiger charge is -2.34. The molecule has 7 heteroatoms. The van der Waals surface area contributed by atoms with Crippen molar-refractivity contribution in [2.45, 2.75) is 63.5 Å². The first kappa shape index (κ1) is 23.8. The maximum absolute atomic E-state index is 12.4. The number of nitrogens with one attached hydrogen (secondary N) is 2. The number of carboxylic acids is 1. The number of hydrogen-bond acceptors (Lipinski definition) is 4. The van der Waals surface area contributed by atoms with Gasteiger partial charge in [0.05, 0.1) is 0 Å². The van der Waals surface area contributed by atoms with Crippen molar-refractivity contribution in [1.29, 1.82) is 0 Å². The van der Waals surface area contributed by atoms with E-state index in [9.17, 15) is 14.4 Å². The maximum Gasteiger partial charge on any atom is 0.407 e. The minimum Gasteiger partial charge on any atom is -0.481 e. The van der Waals surface area contributed by atoms with E-state index in [1.807, 2.05) is 31.2 Å². The number of alkyl carbamates (subject to hydrolysis) is 1. The Balaban J connectivity index is 1.15. The van der Waals surface area contributed by atoms with Gasteiger partial charge in [-0.25, -0.2) is 4.79 Å². The zero-order valence-corrected chi connectivity index (χ0v) is 19.5. The minimum atomic E-state index is -0.785. The summed E-state index contributed by atoms with van der Waals surface area (Å²) in [5.74, 6) is -0.609. The average Bonchev–Trinajstić information content (AvgIpc) is 3.10. The number of benzene rings is 2. The third-order valence-corrected chi connectivity index (χ3v) is 6.81. The first-order valence-electron chi connectivity index (χ1n) is 12.0. The van der Waals surface area contributed by atoms with Gasteiger partial charge in [-0.15, -0.1) is 0 Å². The van der Waals surface area contributed by atoms with E-state index in [4.69, 9.17) is 9.84 Å². The van der Waals surface area contributed by atoms with Gasteiger partial charge in [0.15, 0.2) is 0 Å². The molecule has 0 aliphatic heterocycles. The van der Waals surface area contributed by atoms with Crippen LogP contribution in [0.2, 0.25) is 0 Å². The standard InChI is InChI=1S/C27H32N2O5/c1-17(7-6-12-25(30)29-19-13-18(14-19)15-26(31)32)28-27(33)34-16-24-22-10-4-2-8-20(22)21-9-3-5-11-23(21)24/h2-5,8-11,17-19,24H,6-7,12-16H2,1H3,(H,28,33)(H,29,30)(H,31,32). The van der Waals surface area contributed by atoms with Crippen LogP contribution in [0.5, 0.6) is 0 Å². The molecule has 1 saturated carbocycles. The Labute approximate surface area is 199 Å². The number of rotatable bonds is 10. The number of hydrogen-bond donors (Lipinski definition) is 3. The molecule has 3 N–H and O–H groups in total. The van der Waals surface area contributed by atoms with E-state index >= 15 is 0 Å². The van der Waals surface area contributed by atoms with Gasteiger partial charge in [-0.1, -0.05) is 48.5 Å². The van der Waals surface area contributed by atoms with Crippen LogP contribution in [0.25, 0.3) is 11.1 Å². The van der Waals surface area contributed by atoms with Crippen LogP contribution in [-0.2, 0) is 14.3 Å². The summed E-state index contributed by atoms with van der Waals surface area (Å²) in [6.45, 7) is 2.18. The average molecular weight is 465 g/mol. The molecule has 1 fully saturated rings. The van der Waals surface area contributed by atoms with Crippen LogP contribution in [0.1, 0.15) is 62.5 Å². The molecule has 7 nitrogen and oxygen atoms in total. The van der Waals surface area contributed by atoms with Crippen LogP contribution in [0, 0.1) is 5.92 Å². The number of carbonyl (C=O) groups excluding carboxylic acids is 2. The summed E-state index contributed by atoms with van der Waals surface area (Å²) in [7, 11) is 0. The third-order valence-electron chi connectivity index (χ3n) is 6.81. The Bertz CT molecular complexity index is 1000. The van der Waals surface area contributed by atoms with E-state index in [0.29, 0.717) is 19.3 Å². The second-order valence-corrected chi connectivity index (χ2v) is 9.46. The molecular formula is C27H32N2O5. The normalized spacial score (nSPS) is 19.3. The highest BCUT2D eigenvalue weighted by Gasteiger charge is 2.31. The van der Waals surface area contributed by atoms with Crippen LogP contribution in [0.4, 0.5) is 4.79 Å². The number of carbonyl (C=O) groups is 3. The fourth-order valence-electron chi connectivity index (χ4n) is 5.05. The Morgan fingerprint density at radius 1 is 1.03 bits per heavy atom. The van der Waals surface area contributed by atoms with Crippen LogP contribution in [0.15, 0.2) is 48.5 Å². The smallest absolute Gasteiger partial charge is 0.407 e. The molecule has 34 heavy (non-hydrogen) atoms. The predicted octanol–water partition coefficient (Wildman–Crippen LogP) is 4.45. The van der Waals surface area contributed by atoms with Gasteiger partial charge in [-0.05, 0) is 60.8 Å². The van der Waals surface area contributed by atoms with Gasteiger partial charge in [0.1, 0.15) is 6.61 Å². The SMILES string of the molecule is CC(CCCC(=O)NC1CC(CC(=O)O)C1)NC(=O)OCC1c2ccccc2-c2ccccc21. The summed E-state index contributed by atoms with van der Waals surface area (Å²) in [6, 6.07) is 16.4. The van der Waals surface area contributed by atoms with E-state index in [2.05, 4.69) is 34.9 Å². The monoisotopic (exact) mass is 464 g/mol. The molecule has 1 atom stereocenters. The number of amides is 2. The minimum absolute atomic E-state index is 0.0212. The Morgan fingerprint density at radius 3 is 2.26 bits per heavy atom. The first-order chi connectivity index (χ1) is 16.4. The van der Waals surface area contributed by atoms with Gasteiger partial charge in [0.25, 0.3) is 0 Å². The highest BCUT2D eigenvalue weighted by molar-refractivity contribution is 5.79. The van der Waals surface area contributed by atoms with Crippen LogP contribution in [0.3, 0.4) is 0 Å². The highest BCUT2D eigenvalue weighted by atomic mass is 16.5. The molecule has 0 heterocycles. The molecule has 180 valence electrons. The van der Waals surface area contributed by atoms with E-state index in [0.717, 1.165) is 12.8 Å². The van der Waals surface area contributed by atoms with Crippen molar-refractivity contribution in [3.8, 4) is 11.1 Å². The summed E-state index contributed by atoms with van der Waals surface area (Å²) >= 11 is 0. The second kappa shape index (κ2) is 10.7.